The van der Waals surface area contributed by atoms with Gasteiger partial charge < -0.3 is 4.74 Å². The molecule has 26 heavy (non-hydrogen) atoms. The minimum absolute atomic E-state index is 0.0998. The summed E-state index contributed by atoms with van der Waals surface area (Å²) in [5, 5.41) is 12.3. The third-order valence-electron chi connectivity index (χ3n) is 3.65. The molecule has 0 unspecified atom stereocenters. The molecule has 128 valence electrons. The number of nitrogens with zero attached hydrogens (tertiary/aromatic N) is 2. The molecule has 1 aromatic heterocycles. The van der Waals surface area contributed by atoms with Crippen LogP contribution in [0, 0.1) is 18.3 Å². The van der Waals surface area contributed by atoms with Crippen LogP contribution in [-0.2, 0) is 6.61 Å². The molecular weight excluding hydrogens is 344 g/mol. The maximum atomic E-state index is 12.4. The van der Waals surface area contributed by atoms with Crippen molar-refractivity contribution in [3.8, 4) is 11.8 Å². The topological polar surface area (TPSA) is 63.0 Å². The maximum Gasteiger partial charge on any atom is 0.203 e. The molecule has 3 aromatic rings. The van der Waals surface area contributed by atoms with Gasteiger partial charge in [-0.1, -0.05) is 42.5 Å². The minimum atomic E-state index is -0.285. The highest BCUT2D eigenvalue weighted by Gasteiger charge is 2.11. The highest BCUT2D eigenvalue weighted by Crippen LogP contribution is 2.18. The van der Waals surface area contributed by atoms with Gasteiger partial charge in [0.05, 0.1) is 10.7 Å². The summed E-state index contributed by atoms with van der Waals surface area (Å²) in [4.78, 5) is 16.7. The molecule has 0 aliphatic carbocycles. The van der Waals surface area contributed by atoms with Gasteiger partial charge in [-0.25, -0.2) is 4.98 Å². The van der Waals surface area contributed by atoms with Gasteiger partial charge in [-0.15, -0.1) is 11.3 Å². The van der Waals surface area contributed by atoms with Crippen LogP contribution in [0.4, 0.5) is 0 Å². The molecule has 0 aliphatic heterocycles. The highest BCUT2D eigenvalue weighted by molar-refractivity contribution is 7.09. The van der Waals surface area contributed by atoms with Crippen molar-refractivity contribution in [3.05, 3.63) is 87.4 Å². The van der Waals surface area contributed by atoms with Crippen LogP contribution in [0.2, 0.25) is 0 Å². The predicted molar refractivity (Wildman–Crippen MR) is 102 cm³/mol. The Bertz CT molecular complexity index is 967. The van der Waals surface area contributed by atoms with Crippen molar-refractivity contribution in [1.29, 1.82) is 5.26 Å². The van der Waals surface area contributed by atoms with E-state index in [0.717, 1.165) is 16.3 Å². The molecule has 3 rings (SSSR count). The molecule has 0 amide bonds. The summed E-state index contributed by atoms with van der Waals surface area (Å²) < 4.78 is 5.70. The number of nitriles is 1. The van der Waals surface area contributed by atoms with Crippen molar-refractivity contribution in [2.75, 3.05) is 0 Å². The predicted octanol–water partition coefficient (Wildman–Crippen LogP) is 4.82. The number of hydrogen-bond donors (Lipinski definition) is 0. The number of thiazole rings is 1. The van der Waals surface area contributed by atoms with Gasteiger partial charge in [-0.05, 0) is 30.7 Å². The van der Waals surface area contributed by atoms with E-state index in [4.69, 9.17) is 4.74 Å². The van der Waals surface area contributed by atoms with Gasteiger partial charge >= 0.3 is 0 Å². The van der Waals surface area contributed by atoms with Crippen LogP contribution in [0.25, 0.3) is 6.08 Å². The Labute approximate surface area is 156 Å². The third-order valence-corrected chi connectivity index (χ3v) is 4.47. The van der Waals surface area contributed by atoms with Gasteiger partial charge in [-0.2, -0.15) is 5.26 Å². The number of Topliss-reactive ketones (excluding diaryl/α,β-unsaturated/α-hetero) is 1. The average molecular weight is 360 g/mol. The largest absolute Gasteiger partial charge is 0.487 e. The lowest BCUT2D eigenvalue weighted by Gasteiger charge is -2.05. The van der Waals surface area contributed by atoms with Gasteiger partial charge in [0, 0.05) is 10.9 Å². The molecule has 0 fully saturated rings. The lowest BCUT2D eigenvalue weighted by molar-refractivity contribution is 0.104. The molecule has 4 nitrogen and oxygen atoms in total. The summed E-state index contributed by atoms with van der Waals surface area (Å²) in [6.45, 7) is 2.37. The van der Waals surface area contributed by atoms with Crippen LogP contribution in [0.3, 0.4) is 0 Å². The van der Waals surface area contributed by atoms with Crippen molar-refractivity contribution in [2.45, 2.75) is 13.5 Å². The van der Waals surface area contributed by atoms with Gasteiger partial charge in [0.1, 0.15) is 24.0 Å². The third kappa shape index (κ3) is 4.44. The lowest BCUT2D eigenvalue weighted by atomic mass is 10.0. The Morgan fingerprint density at radius 2 is 1.92 bits per heavy atom. The zero-order valence-electron chi connectivity index (χ0n) is 14.2. The molecule has 0 radical (unpaired) electrons. The number of hydrogen-bond acceptors (Lipinski definition) is 5. The van der Waals surface area contributed by atoms with Gasteiger partial charge in [0.25, 0.3) is 0 Å². The van der Waals surface area contributed by atoms with E-state index in [2.05, 4.69) is 4.98 Å². The smallest absolute Gasteiger partial charge is 0.203 e. The molecule has 0 spiro atoms. The standard InChI is InChI=1S/C21H16N2O2S/c1-15-23-19(14-26-15)13-25-20-9-7-16(8-10-20)11-18(12-22)21(24)17-5-3-2-4-6-17/h2-11,14H,13H2,1H3/b18-11+. The van der Waals surface area contributed by atoms with Crippen LogP contribution < -0.4 is 4.74 Å². The Hall–Kier alpha value is -3.23. The first-order valence-corrected chi connectivity index (χ1v) is 8.89. The summed E-state index contributed by atoms with van der Waals surface area (Å²) in [5.74, 6) is 0.424. The van der Waals surface area contributed by atoms with E-state index in [9.17, 15) is 10.1 Å². The quantitative estimate of drug-likeness (QED) is 0.359. The molecule has 0 saturated heterocycles. The average Bonchev–Trinajstić information content (AvgIpc) is 3.11. The number of allylic oxidation sites excluding steroid dienone is 1. The molecule has 0 aliphatic rings. The summed E-state index contributed by atoms with van der Waals surface area (Å²) >= 11 is 1.59. The van der Waals surface area contributed by atoms with Crippen molar-refractivity contribution >= 4 is 23.2 Å². The Kier molecular flexibility index (Phi) is 5.57. The van der Waals surface area contributed by atoms with Crippen molar-refractivity contribution in [3.63, 3.8) is 0 Å². The lowest BCUT2D eigenvalue weighted by Crippen LogP contribution is -2.01. The minimum Gasteiger partial charge on any atom is -0.487 e. The van der Waals surface area contributed by atoms with E-state index in [0.29, 0.717) is 17.9 Å². The molecule has 1 heterocycles. The molecule has 2 aromatic carbocycles. The van der Waals surface area contributed by atoms with Crippen LogP contribution in [0.1, 0.15) is 26.6 Å². The van der Waals surface area contributed by atoms with E-state index in [-0.39, 0.29) is 11.4 Å². The van der Waals surface area contributed by atoms with Gasteiger partial charge in [0.15, 0.2) is 0 Å². The van der Waals surface area contributed by atoms with Crippen molar-refractivity contribution in [2.24, 2.45) is 0 Å². The molecule has 5 heteroatoms. The van der Waals surface area contributed by atoms with Crippen molar-refractivity contribution < 1.29 is 9.53 Å². The first kappa shape index (κ1) is 17.6. The SMILES string of the molecule is Cc1nc(COc2ccc(/C=C(\C#N)C(=O)c3ccccc3)cc2)cs1. The first-order valence-electron chi connectivity index (χ1n) is 8.01. The molecular formula is C21H16N2O2S. The van der Waals surface area contributed by atoms with Crippen LogP contribution >= 0.6 is 11.3 Å². The van der Waals surface area contributed by atoms with Crippen LogP contribution in [0.5, 0.6) is 5.75 Å². The number of benzene rings is 2. The maximum absolute atomic E-state index is 12.4. The van der Waals surface area contributed by atoms with E-state index < -0.39 is 0 Å². The van der Waals surface area contributed by atoms with Crippen LogP contribution in [-0.4, -0.2) is 10.8 Å². The number of ketones is 1. The number of carbonyl (C=O) groups excluding carboxylic acids is 1. The monoisotopic (exact) mass is 360 g/mol. The number of aryl methyl sites for hydroxylation is 1. The fourth-order valence-electron chi connectivity index (χ4n) is 2.35. The zero-order valence-corrected chi connectivity index (χ0v) is 15.0. The Morgan fingerprint density at radius 1 is 1.19 bits per heavy atom. The second-order valence-electron chi connectivity index (χ2n) is 5.58. The summed E-state index contributed by atoms with van der Waals surface area (Å²) in [6, 6.07) is 18.0. The number of carbonyl (C=O) groups is 1. The second kappa shape index (κ2) is 8.24. The van der Waals surface area contributed by atoms with Gasteiger partial charge in [0.2, 0.25) is 5.78 Å². The van der Waals surface area contributed by atoms with Crippen LogP contribution in [0.15, 0.2) is 65.6 Å². The van der Waals surface area contributed by atoms with E-state index in [1.165, 1.54) is 0 Å². The number of aromatic nitrogens is 1. The highest BCUT2D eigenvalue weighted by atomic mass is 32.1. The number of ether oxygens (including phenoxy) is 1. The fourth-order valence-corrected chi connectivity index (χ4v) is 2.95. The second-order valence-corrected chi connectivity index (χ2v) is 6.64. The summed E-state index contributed by atoms with van der Waals surface area (Å²) in [6.07, 6.45) is 1.59. The molecule has 0 atom stereocenters. The van der Waals surface area contributed by atoms with Crippen molar-refractivity contribution in [1.82, 2.24) is 4.98 Å². The zero-order chi connectivity index (χ0) is 18.4. The summed E-state index contributed by atoms with van der Waals surface area (Å²) in [5.41, 5.74) is 2.26. The molecule has 0 saturated carbocycles. The van der Waals surface area contributed by atoms with E-state index in [1.807, 2.05) is 48.7 Å². The summed E-state index contributed by atoms with van der Waals surface area (Å²) in [7, 11) is 0. The van der Waals surface area contributed by atoms with Gasteiger partial charge in [-0.3, -0.25) is 4.79 Å². The molecule has 0 N–H and O–H groups in total. The Balaban J connectivity index is 1.69. The first-order chi connectivity index (χ1) is 12.7. The van der Waals surface area contributed by atoms with E-state index >= 15 is 0 Å². The Morgan fingerprint density at radius 3 is 2.54 bits per heavy atom. The molecule has 0 bridgehead atoms. The normalized spacial score (nSPS) is 11.0. The fraction of sp³-hybridized carbons (Fsp3) is 0.0952. The van der Waals surface area contributed by atoms with E-state index in [1.54, 1.807) is 41.7 Å². The number of rotatable bonds is 6.